The van der Waals surface area contributed by atoms with Crippen molar-refractivity contribution in [3.05, 3.63) is 72.9 Å². The van der Waals surface area contributed by atoms with Crippen LogP contribution in [0.1, 0.15) is 71.1 Å². The van der Waals surface area contributed by atoms with Gasteiger partial charge < -0.3 is 5.11 Å². The summed E-state index contributed by atoms with van der Waals surface area (Å²) in [7, 11) is 0. The van der Waals surface area contributed by atoms with E-state index in [2.05, 4.69) is 31.2 Å². The maximum Gasteiger partial charge on any atom is 0.303 e. The summed E-state index contributed by atoms with van der Waals surface area (Å²) in [6.07, 6.45) is 35.4. The summed E-state index contributed by atoms with van der Waals surface area (Å²) in [4.78, 5) is 10.3. The molecule has 0 unspecified atom stereocenters. The van der Waals surface area contributed by atoms with Crippen LogP contribution in [0.3, 0.4) is 0 Å². The number of rotatable bonds is 16. The number of hydrogen-bond acceptors (Lipinski definition) is 1. The van der Waals surface area contributed by atoms with Crippen LogP contribution >= 0.6 is 0 Å². The van der Waals surface area contributed by atoms with E-state index < -0.39 is 5.97 Å². The Labute approximate surface area is 160 Å². The molecule has 1 N–H and O–H groups in total. The average Bonchev–Trinajstić information content (AvgIpc) is 2.62. The van der Waals surface area contributed by atoms with E-state index in [-0.39, 0.29) is 6.42 Å². The first-order valence-electron chi connectivity index (χ1n) is 9.95. The Bertz CT molecular complexity index is 490. The van der Waals surface area contributed by atoms with Gasteiger partial charge in [0.05, 0.1) is 0 Å². The molecular formula is C24H36O2. The molecule has 0 radical (unpaired) electrons. The van der Waals surface area contributed by atoms with Gasteiger partial charge in [-0.05, 0) is 38.5 Å². The van der Waals surface area contributed by atoms with Gasteiger partial charge in [0.2, 0.25) is 0 Å². The quantitative estimate of drug-likeness (QED) is 0.178. The van der Waals surface area contributed by atoms with Gasteiger partial charge in [-0.2, -0.15) is 0 Å². The number of aliphatic carboxylic acids is 1. The van der Waals surface area contributed by atoms with Gasteiger partial charge in [0.1, 0.15) is 0 Å². The molecule has 0 saturated carbocycles. The summed E-state index contributed by atoms with van der Waals surface area (Å²) in [5, 5.41) is 8.49. The molecule has 0 aromatic heterocycles. The zero-order chi connectivity index (χ0) is 19.1. The number of carboxylic acids is 1. The SMILES string of the molecule is CC/C=C/CCCCCCC/C=C/C=C/C=C/C=C/C=C/CCC(=O)O. The van der Waals surface area contributed by atoms with Crippen molar-refractivity contribution in [2.45, 2.75) is 71.1 Å². The Morgan fingerprint density at radius 3 is 1.62 bits per heavy atom. The molecule has 0 bridgehead atoms. The van der Waals surface area contributed by atoms with Crippen molar-refractivity contribution in [1.29, 1.82) is 0 Å². The Kier molecular flexibility index (Phi) is 19.3. The van der Waals surface area contributed by atoms with Crippen molar-refractivity contribution in [2.24, 2.45) is 0 Å². The third-order valence-corrected chi connectivity index (χ3v) is 3.72. The van der Waals surface area contributed by atoms with Crippen molar-refractivity contribution < 1.29 is 9.90 Å². The first-order chi connectivity index (χ1) is 12.8. The summed E-state index contributed by atoms with van der Waals surface area (Å²) >= 11 is 0. The van der Waals surface area contributed by atoms with E-state index in [4.69, 9.17) is 5.11 Å². The van der Waals surface area contributed by atoms with Gasteiger partial charge in [0.15, 0.2) is 0 Å². The normalized spacial score (nSPS) is 13.0. The average molecular weight is 357 g/mol. The lowest BCUT2D eigenvalue weighted by atomic mass is 10.1. The van der Waals surface area contributed by atoms with E-state index in [1.807, 2.05) is 48.6 Å². The second-order valence-electron chi connectivity index (χ2n) is 6.17. The van der Waals surface area contributed by atoms with E-state index in [0.717, 1.165) is 12.8 Å². The van der Waals surface area contributed by atoms with E-state index in [1.165, 1.54) is 38.5 Å². The monoisotopic (exact) mass is 356 g/mol. The fraction of sp³-hybridized carbons (Fsp3) is 0.458. The van der Waals surface area contributed by atoms with Crippen molar-refractivity contribution in [1.82, 2.24) is 0 Å². The van der Waals surface area contributed by atoms with Crippen molar-refractivity contribution in [2.75, 3.05) is 0 Å². The van der Waals surface area contributed by atoms with Crippen LogP contribution in [-0.4, -0.2) is 11.1 Å². The Morgan fingerprint density at radius 2 is 1.08 bits per heavy atom. The van der Waals surface area contributed by atoms with E-state index in [0.29, 0.717) is 6.42 Å². The molecule has 0 fully saturated rings. The molecule has 0 amide bonds. The summed E-state index contributed by atoms with van der Waals surface area (Å²) < 4.78 is 0. The van der Waals surface area contributed by atoms with E-state index >= 15 is 0 Å². The maximum absolute atomic E-state index is 10.3. The molecule has 2 heteroatoms. The lowest BCUT2D eigenvalue weighted by molar-refractivity contribution is -0.136. The molecule has 0 heterocycles. The third-order valence-electron chi connectivity index (χ3n) is 3.72. The molecule has 0 spiro atoms. The second-order valence-corrected chi connectivity index (χ2v) is 6.17. The van der Waals surface area contributed by atoms with Gasteiger partial charge in [-0.3, -0.25) is 4.79 Å². The Morgan fingerprint density at radius 1 is 0.615 bits per heavy atom. The molecule has 0 aliphatic heterocycles. The van der Waals surface area contributed by atoms with E-state index in [9.17, 15) is 4.79 Å². The molecular weight excluding hydrogens is 320 g/mol. The Balaban J connectivity index is 3.49. The van der Waals surface area contributed by atoms with Crippen LogP contribution in [0.25, 0.3) is 0 Å². The summed E-state index contributed by atoms with van der Waals surface area (Å²) in [5.41, 5.74) is 0. The second kappa shape index (κ2) is 21.0. The maximum atomic E-state index is 10.3. The highest BCUT2D eigenvalue weighted by Gasteiger charge is 1.90. The van der Waals surface area contributed by atoms with Crippen molar-refractivity contribution in [3.63, 3.8) is 0 Å². The van der Waals surface area contributed by atoms with E-state index in [1.54, 1.807) is 0 Å². The molecule has 2 nitrogen and oxygen atoms in total. The molecule has 0 aliphatic rings. The van der Waals surface area contributed by atoms with Crippen LogP contribution in [0.15, 0.2) is 72.9 Å². The lowest BCUT2D eigenvalue weighted by Gasteiger charge is -1.97. The molecule has 0 aliphatic carbocycles. The largest absolute Gasteiger partial charge is 0.481 e. The third kappa shape index (κ3) is 21.9. The summed E-state index contributed by atoms with van der Waals surface area (Å²) in [5.74, 6) is -0.757. The molecule has 0 atom stereocenters. The van der Waals surface area contributed by atoms with Crippen molar-refractivity contribution >= 4 is 5.97 Å². The van der Waals surface area contributed by atoms with Gasteiger partial charge >= 0.3 is 5.97 Å². The van der Waals surface area contributed by atoms with Gasteiger partial charge in [-0.15, -0.1) is 0 Å². The smallest absolute Gasteiger partial charge is 0.303 e. The number of hydrogen-bond donors (Lipinski definition) is 1. The Hall–Kier alpha value is -2.09. The van der Waals surface area contributed by atoms with Crippen LogP contribution in [0, 0.1) is 0 Å². The minimum atomic E-state index is -0.757. The predicted octanol–water partition coefficient (Wildman–Crippen LogP) is 7.33. The molecule has 26 heavy (non-hydrogen) atoms. The standard InChI is InChI=1S/C24H36O2/c1-2-3-4-5-6-7-8-9-10-11-12-13-14-15-16-17-18-19-20-21-22-23-24(25)26/h3-4,12-21H,2,5-11,22-23H2,1H3,(H,25,26)/b4-3+,13-12+,15-14+,17-16+,19-18+,21-20+. The zero-order valence-corrected chi connectivity index (χ0v) is 16.4. The highest BCUT2D eigenvalue weighted by Crippen LogP contribution is 2.08. The first kappa shape index (κ1) is 23.9. The van der Waals surface area contributed by atoms with Crippen molar-refractivity contribution in [3.8, 4) is 0 Å². The van der Waals surface area contributed by atoms with Crippen LogP contribution in [-0.2, 0) is 4.79 Å². The predicted molar refractivity (Wildman–Crippen MR) is 114 cm³/mol. The van der Waals surface area contributed by atoms with Crippen LogP contribution in [0.2, 0.25) is 0 Å². The number of carboxylic acid groups (broad SMARTS) is 1. The van der Waals surface area contributed by atoms with Crippen LogP contribution in [0.5, 0.6) is 0 Å². The molecule has 0 saturated heterocycles. The van der Waals surface area contributed by atoms with Gasteiger partial charge in [-0.25, -0.2) is 0 Å². The number of allylic oxidation sites excluding steroid dienone is 12. The summed E-state index contributed by atoms with van der Waals surface area (Å²) in [6.45, 7) is 2.18. The molecule has 144 valence electrons. The van der Waals surface area contributed by atoms with Gasteiger partial charge in [-0.1, -0.05) is 99.1 Å². The minimum Gasteiger partial charge on any atom is -0.481 e. The topological polar surface area (TPSA) is 37.3 Å². The number of unbranched alkanes of at least 4 members (excludes halogenated alkanes) is 6. The highest BCUT2D eigenvalue weighted by atomic mass is 16.4. The fourth-order valence-corrected chi connectivity index (χ4v) is 2.28. The molecule has 0 aromatic rings. The van der Waals surface area contributed by atoms with Gasteiger partial charge in [0.25, 0.3) is 0 Å². The van der Waals surface area contributed by atoms with Crippen LogP contribution < -0.4 is 0 Å². The minimum absolute atomic E-state index is 0.186. The zero-order valence-electron chi connectivity index (χ0n) is 16.4. The van der Waals surface area contributed by atoms with Gasteiger partial charge in [0, 0.05) is 6.42 Å². The fourth-order valence-electron chi connectivity index (χ4n) is 2.28. The highest BCUT2D eigenvalue weighted by molar-refractivity contribution is 5.66. The first-order valence-corrected chi connectivity index (χ1v) is 9.95. The number of carbonyl (C=O) groups is 1. The van der Waals surface area contributed by atoms with Crippen LogP contribution in [0.4, 0.5) is 0 Å². The summed E-state index contributed by atoms with van der Waals surface area (Å²) in [6, 6.07) is 0. The molecule has 0 aromatic carbocycles. The lowest BCUT2D eigenvalue weighted by Crippen LogP contribution is -1.91. The molecule has 0 rings (SSSR count).